The first kappa shape index (κ1) is 13.7. The van der Waals surface area contributed by atoms with Gasteiger partial charge in [0.25, 0.3) is 0 Å². The summed E-state index contributed by atoms with van der Waals surface area (Å²) in [6, 6.07) is -17.4. The Balaban J connectivity index is 0.00000101. The molecule has 0 heterocycles. The Kier molecular flexibility index (Phi) is 4.92. The van der Waals surface area contributed by atoms with Gasteiger partial charge in [-0.1, -0.05) is 302 Å². The summed E-state index contributed by atoms with van der Waals surface area (Å²) in [5, 5.41) is 0. The van der Waals surface area contributed by atoms with Crippen LogP contribution in [0, 0.1) is 55.2 Å². The Morgan fingerprint density at radius 2 is 0.658 bits per heavy atom. The minimum absolute atomic E-state index is 0.0703. The first-order valence-electron chi connectivity index (χ1n) is 65.8. The molecular formula is C76H116. The van der Waals surface area contributed by atoms with Crippen LogP contribution in [0.2, 0.25) is 0 Å². The second kappa shape index (κ2) is 27.3. The molecule has 0 amide bonds. The summed E-state index contributed by atoms with van der Waals surface area (Å²) < 4.78 is 697. The first-order chi connectivity index (χ1) is 71.1. The Labute approximate surface area is 597 Å². The predicted octanol–water partition coefficient (Wildman–Crippen LogP) is 23.0. The van der Waals surface area contributed by atoms with Gasteiger partial charge in [0, 0.05) is 94.6 Å². The van der Waals surface area contributed by atoms with E-state index in [2.05, 4.69) is 0 Å². The van der Waals surface area contributed by atoms with Crippen molar-refractivity contribution in [2.75, 3.05) is 0 Å². The number of hydrogen-bond acceptors (Lipinski definition) is 0. The molecule has 0 aliphatic heterocycles. The van der Waals surface area contributed by atoms with Crippen LogP contribution in [0.3, 0.4) is 0 Å². The largest absolute Gasteiger partial charge is 0.0629 e. The molecule has 420 valence electrons. The van der Waals surface area contributed by atoms with Gasteiger partial charge in [0.2, 0.25) is 0 Å². The van der Waals surface area contributed by atoms with E-state index in [1.165, 1.54) is 13.8 Å². The quantitative estimate of drug-likeness (QED) is 0.142. The van der Waals surface area contributed by atoms with E-state index in [1.807, 2.05) is 20.8 Å². The van der Waals surface area contributed by atoms with Crippen molar-refractivity contribution in [2.24, 2.45) is 0 Å². The Bertz CT molecular complexity index is 5860. The highest BCUT2D eigenvalue weighted by atomic mass is 14.3. The molecule has 0 spiro atoms. The van der Waals surface area contributed by atoms with Crippen LogP contribution in [0.25, 0.3) is 0 Å². The molecule has 0 fully saturated rings. The Morgan fingerprint density at radius 1 is 0.263 bits per heavy atom. The summed E-state index contributed by atoms with van der Waals surface area (Å²) in [6.45, 7) is -76.1. The van der Waals surface area contributed by atoms with E-state index in [9.17, 15) is 0 Å². The molecule has 0 N–H and O–H groups in total. The van der Waals surface area contributed by atoms with Crippen molar-refractivity contribution in [1.29, 1.82) is 0 Å². The third-order valence-corrected chi connectivity index (χ3v) is 9.00. The molecule has 0 heteroatoms. The lowest BCUT2D eigenvalue weighted by Crippen LogP contribution is -2.18. The van der Waals surface area contributed by atoms with E-state index in [-0.39, 0.29) is 40.7 Å². The van der Waals surface area contributed by atoms with Gasteiger partial charge in [0.1, 0.15) is 0 Å². The monoisotopic (exact) mass is 1120 g/mol. The smallest absolute Gasteiger partial charge is 0.0620 e. The van der Waals surface area contributed by atoms with Gasteiger partial charge in [0.05, 0.1) is 27.4 Å². The van der Waals surface area contributed by atoms with Crippen molar-refractivity contribution in [3.63, 3.8) is 0 Å². The van der Waals surface area contributed by atoms with Gasteiger partial charge in [-0.3, -0.25) is 0 Å². The fraction of sp³-hybridized carbons (Fsp3) is 0.526. The fourth-order valence-corrected chi connectivity index (χ4v) is 5.28. The second-order valence-corrected chi connectivity index (χ2v) is 17.5. The Hall–Kier alpha value is -4.68. The van der Waals surface area contributed by atoms with Crippen LogP contribution in [0.5, 0.6) is 0 Å². The van der Waals surface area contributed by atoms with Gasteiger partial charge >= 0.3 is 0 Å². The summed E-state index contributed by atoms with van der Waals surface area (Å²) >= 11 is 0. The van der Waals surface area contributed by atoms with E-state index in [1.54, 1.807) is 6.92 Å². The fourth-order valence-electron chi connectivity index (χ4n) is 5.28. The van der Waals surface area contributed by atoms with E-state index < -0.39 is 359 Å². The highest BCUT2D eigenvalue weighted by Gasteiger charge is 2.23. The van der Waals surface area contributed by atoms with Crippen LogP contribution in [-0.4, -0.2) is 0 Å². The molecule has 0 saturated carbocycles. The average Bonchev–Trinajstić information content (AvgIpc) is 0.668. The van der Waals surface area contributed by atoms with Gasteiger partial charge in [-0.05, 0) is 171 Å². The zero-order valence-electron chi connectivity index (χ0n) is 132. The van der Waals surface area contributed by atoms with E-state index in [4.69, 9.17) is 122 Å². The standard InChI is InChI=1S/C16H26.C15H24.C12H18.3C11H16/c1-11-9-13(15(3,4)5)10-14(12(11)2)16(6,7)8;1-11-8-12(14(2,3)4)10-13(9-11)15(5,6)7;1-9-7-6-8-11(10(9)2)12(3,4)5;1-9-5-7-10(8-6-9)11(2,3)4;1-9-6-5-7-10(8-9)11(2,3)4;1-9-7-5-6-8-10(9)11(2,3)4/h9-10H,1-8H3;8-10H,1-7H3;6-8H,1-5H3;3*5-8H,1-4H3/i1D3,3D3,4D3,5D3,6D3,7D3,8D3,9D,10D;2D3,3D3,4D3,5D3,6D3,7D3,8D,9D,10D;1D3,3D3,4D3,5D3,6D,7D,8D;2*2D3,3D3,4D3,5D,6D,7D,8D;5D,6D,7D,8D. The minimum atomic E-state index is -4.26. The lowest BCUT2D eigenvalue weighted by molar-refractivity contribution is 0.564. The molecule has 0 saturated heterocycles. The van der Waals surface area contributed by atoms with Crippen molar-refractivity contribution in [3.8, 4) is 0 Å². The van der Waals surface area contributed by atoms with E-state index in [0.29, 0.717) is 18.1 Å². The van der Waals surface area contributed by atoms with Crippen LogP contribution in [-0.2, 0) is 43.3 Å². The maximum Gasteiger partial charge on any atom is 0.0629 e. The van der Waals surface area contributed by atoms with Crippen molar-refractivity contribution in [3.05, 3.63) is 210 Å². The summed E-state index contributed by atoms with van der Waals surface area (Å²) in [4.78, 5) is 0. The lowest BCUT2D eigenvalue weighted by Gasteiger charge is -2.28. The summed E-state index contributed by atoms with van der Waals surface area (Å²) in [7, 11) is 0. The number of benzene rings is 6. The van der Waals surface area contributed by atoms with Crippen molar-refractivity contribution in [2.45, 2.75) is 263 Å². The lowest BCUT2D eigenvalue weighted by atomic mass is 9.77. The topological polar surface area (TPSA) is 0 Å². The van der Waals surface area contributed by atoms with E-state index in [0.717, 1.165) is 13.8 Å². The predicted molar refractivity (Wildman–Crippen MR) is 346 cm³/mol. The van der Waals surface area contributed by atoms with Crippen LogP contribution in [0.15, 0.2) is 121 Å². The van der Waals surface area contributed by atoms with Gasteiger partial charge in [0.15, 0.2) is 0 Å². The summed E-state index contributed by atoms with van der Waals surface area (Å²) in [5.41, 5.74) is -41.2. The third kappa shape index (κ3) is 23.9. The van der Waals surface area contributed by atoms with Crippen LogP contribution < -0.4 is 0 Å². The van der Waals surface area contributed by atoms with Crippen LogP contribution in [0.4, 0.5) is 0 Å². The van der Waals surface area contributed by atoms with Gasteiger partial charge < -0.3 is 0 Å². The SMILES string of the molecule is [2H]c1c(C([2H])([2H])[2H])c(C)c(C(C([2H])([2H])[2H])(C([2H])([2H])[2H])C([2H])([2H])[2H])c([2H])c1C(C([2H])([2H])[2H])(C([2H])([2H])[2H])C([2H])([2H])[2H].[2H]c1c(C)c([2H])c(C(C([2H])([2H])[2H])(C([2H])([2H])[2H])C([2H])([2H])[2H])c([2H])c1C(C([2H])([2H])[2H])(C([2H])([2H])[2H])C([2H])([2H])[2H].[2H]c1c([2H])c(C(C([2H])([2H])[2H])(C([2H])([2H])[2H])C([2H])([2H])[2H])c([2H])c([2H])c1C.[2H]c1c([2H])c(C([2H])([2H])[2H])c(C)c(C(C([2H])([2H])[2H])(C([2H])([2H])[2H])C([2H])([2H])[2H])c1[2H].[2H]c1c([2H])c(C)c([2H])c(C(C([2H])([2H])[2H])(C([2H])([2H])[2H])C([2H])([2H])[2H])c1[2H].[2H]c1c([2H])c([2H])c(C(C)(C)C)c(C)c1[2H]. The van der Waals surface area contributed by atoms with Crippen LogP contribution in [0.1, 0.15) is 376 Å². The highest BCUT2D eigenvalue weighted by Crippen LogP contribution is 2.34. The molecule has 0 atom stereocenters. The van der Waals surface area contributed by atoms with Crippen molar-refractivity contribution < 1.29 is 122 Å². The molecule has 0 aliphatic rings. The molecular weight excluding hydrogens is 913 g/mol. The summed E-state index contributed by atoms with van der Waals surface area (Å²) in [5.74, 6) is 0. The maximum atomic E-state index is 8.72. The van der Waals surface area contributed by atoms with Crippen LogP contribution >= 0.6 is 0 Å². The normalized spacial score (nSPS) is 33.1. The Morgan fingerprint density at radius 3 is 1.14 bits per heavy atom. The molecule has 0 aromatic heterocycles. The van der Waals surface area contributed by atoms with Crippen molar-refractivity contribution >= 4 is 0 Å². The van der Waals surface area contributed by atoms with Gasteiger partial charge in [-0.25, -0.2) is 0 Å². The van der Waals surface area contributed by atoms with E-state index >= 15 is 0 Å². The zero-order valence-corrected chi connectivity index (χ0v) is 42.5. The molecule has 76 heavy (non-hydrogen) atoms. The molecule has 0 unspecified atom stereocenters. The van der Waals surface area contributed by atoms with Crippen molar-refractivity contribution in [1.82, 2.24) is 0 Å². The first-order valence-corrected chi connectivity index (χ1v) is 21.2. The van der Waals surface area contributed by atoms with Gasteiger partial charge in [-0.15, -0.1) is 0 Å². The number of hydrogen-bond donors (Lipinski definition) is 0. The maximum absolute atomic E-state index is 8.72. The molecule has 0 radical (unpaired) electrons. The molecule has 6 rings (SSSR count). The third-order valence-electron chi connectivity index (χ3n) is 9.00. The minimum Gasteiger partial charge on any atom is -0.0620 e. The summed E-state index contributed by atoms with van der Waals surface area (Å²) in [6.07, 6.45) is 0. The average molecular weight is 1120 g/mol. The molecule has 0 nitrogen and oxygen atoms in total. The number of rotatable bonds is 0. The molecule has 6 aromatic carbocycles. The zero-order chi connectivity index (χ0) is 134. The molecule has 0 bridgehead atoms. The highest BCUT2D eigenvalue weighted by molar-refractivity contribution is 5.44. The molecule has 0 aliphatic carbocycles. The second-order valence-electron chi connectivity index (χ2n) is 17.5. The molecule has 6 aromatic rings. The van der Waals surface area contributed by atoms with Gasteiger partial charge in [-0.2, -0.15) is 0 Å².